The van der Waals surface area contributed by atoms with Crippen LogP contribution in [0.4, 0.5) is 9.52 Å². The Kier molecular flexibility index (Phi) is 4.55. The molecule has 1 aromatic heterocycles. The van der Waals surface area contributed by atoms with Crippen molar-refractivity contribution in [1.29, 1.82) is 0 Å². The van der Waals surface area contributed by atoms with Crippen LogP contribution in [-0.4, -0.2) is 23.9 Å². The van der Waals surface area contributed by atoms with Crippen molar-refractivity contribution in [2.24, 2.45) is 5.10 Å². The molecule has 0 unspecified atom stereocenters. The molecule has 8 heteroatoms. The standard InChI is InChI=1S/C19H14FN3O3S/c1-12(24)23(21-9-13-2-7-17-18(8-13)26-11-25-17)19-22-16(10-27-19)14-3-5-15(20)6-4-14/h2-10H,11H2,1H3/b21-9-. The summed E-state index contributed by atoms with van der Waals surface area (Å²) in [4.78, 5) is 16.5. The SMILES string of the molecule is CC(=O)N(/N=C\c1ccc2c(c1)OCO2)c1nc(-c2ccc(F)cc2)cs1. The van der Waals surface area contributed by atoms with Crippen LogP contribution in [-0.2, 0) is 4.79 Å². The second kappa shape index (κ2) is 7.16. The zero-order valence-corrected chi connectivity index (χ0v) is 15.1. The predicted octanol–water partition coefficient (Wildman–Crippen LogP) is 4.06. The van der Waals surface area contributed by atoms with Crippen molar-refractivity contribution >= 4 is 28.6 Å². The molecule has 0 saturated carbocycles. The number of halogens is 1. The zero-order chi connectivity index (χ0) is 18.8. The lowest BCUT2D eigenvalue weighted by Gasteiger charge is -2.10. The van der Waals surface area contributed by atoms with Crippen LogP contribution in [0.5, 0.6) is 11.5 Å². The number of benzene rings is 2. The van der Waals surface area contributed by atoms with Crippen LogP contribution in [0.1, 0.15) is 12.5 Å². The van der Waals surface area contributed by atoms with E-state index in [1.807, 2.05) is 6.07 Å². The van der Waals surface area contributed by atoms with Crippen LogP contribution in [0.25, 0.3) is 11.3 Å². The molecule has 1 aliphatic heterocycles. The number of amides is 1. The van der Waals surface area contributed by atoms with E-state index in [9.17, 15) is 9.18 Å². The van der Waals surface area contributed by atoms with E-state index in [-0.39, 0.29) is 18.5 Å². The second-order valence-electron chi connectivity index (χ2n) is 5.71. The molecule has 0 bridgehead atoms. The lowest BCUT2D eigenvalue weighted by atomic mass is 10.2. The summed E-state index contributed by atoms with van der Waals surface area (Å²) in [6, 6.07) is 11.4. The molecular weight excluding hydrogens is 369 g/mol. The minimum Gasteiger partial charge on any atom is -0.454 e. The van der Waals surface area contributed by atoms with Gasteiger partial charge in [-0.05, 0) is 48.0 Å². The van der Waals surface area contributed by atoms with Crippen LogP contribution < -0.4 is 14.5 Å². The Morgan fingerprint density at radius 2 is 2.00 bits per heavy atom. The molecule has 2 aromatic carbocycles. The minimum atomic E-state index is -0.312. The molecule has 0 spiro atoms. The van der Waals surface area contributed by atoms with E-state index in [4.69, 9.17) is 9.47 Å². The Hall–Kier alpha value is -3.26. The molecule has 136 valence electrons. The minimum absolute atomic E-state index is 0.195. The number of nitrogens with zero attached hydrogens (tertiary/aromatic N) is 3. The molecule has 6 nitrogen and oxygen atoms in total. The molecule has 0 atom stereocenters. The van der Waals surface area contributed by atoms with Gasteiger partial charge in [0, 0.05) is 17.9 Å². The van der Waals surface area contributed by atoms with Gasteiger partial charge in [0.25, 0.3) is 0 Å². The largest absolute Gasteiger partial charge is 0.454 e. The Labute approximate surface area is 158 Å². The number of anilines is 1. The molecule has 0 fully saturated rings. The van der Waals surface area contributed by atoms with Crippen molar-refractivity contribution < 1.29 is 18.7 Å². The van der Waals surface area contributed by atoms with Gasteiger partial charge >= 0.3 is 0 Å². The molecule has 1 aliphatic rings. The molecule has 0 N–H and O–H groups in total. The summed E-state index contributed by atoms with van der Waals surface area (Å²) in [5.41, 5.74) is 2.18. The number of fused-ring (bicyclic) bond motifs is 1. The highest BCUT2D eigenvalue weighted by molar-refractivity contribution is 7.14. The number of carbonyl (C=O) groups is 1. The molecule has 0 aliphatic carbocycles. The van der Waals surface area contributed by atoms with Crippen LogP contribution in [0.15, 0.2) is 52.9 Å². The molecule has 3 aromatic rings. The first-order chi connectivity index (χ1) is 13.1. The third-order valence-corrected chi connectivity index (χ3v) is 4.65. The van der Waals surface area contributed by atoms with Gasteiger partial charge in [0.2, 0.25) is 17.8 Å². The van der Waals surface area contributed by atoms with Crippen molar-refractivity contribution in [2.75, 3.05) is 11.8 Å². The molecule has 2 heterocycles. The second-order valence-corrected chi connectivity index (χ2v) is 6.55. The van der Waals surface area contributed by atoms with Gasteiger partial charge in [0.15, 0.2) is 11.5 Å². The zero-order valence-electron chi connectivity index (χ0n) is 14.3. The maximum absolute atomic E-state index is 13.1. The number of carbonyl (C=O) groups excluding carboxylic acids is 1. The molecule has 1 amide bonds. The first kappa shape index (κ1) is 17.2. The number of hydrazone groups is 1. The van der Waals surface area contributed by atoms with Gasteiger partial charge < -0.3 is 9.47 Å². The average molecular weight is 383 g/mol. The fourth-order valence-electron chi connectivity index (χ4n) is 2.50. The lowest BCUT2D eigenvalue weighted by molar-refractivity contribution is -0.116. The van der Waals surface area contributed by atoms with Crippen LogP contribution in [0.2, 0.25) is 0 Å². The normalized spacial score (nSPS) is 12.5. The van der Waals surface area contributed by atoms with Gasteiger partial charge in [-0.1, -0.05) is 0 Å². The van der Waals surface area contributed by atoms with Gasteiger partial charge in [0.1, 0.15) is 5.82 Å². The maximum Gasteiger partial charge on any atom is 0.246 e. The molecular formula is C19H14FN3O3S. The summed E-state index contributed by atoms with van der Waals surface area (Å²) >= 11 is 1.28. The quantitative estimate of drug-likeness (QED) is 0.503. The summed E-state index contributed by atoms with van der Waals surface area (Å²) in [7, 11) is 0. The van der Waals surface area contributed by atoms with Crippen molar-refractivity contribution in [3.05, 3.63) is 59.2 Å². The maximum atomic E-state index is 13.1. The van der Waals surface area contributed by atoms with Crippen molar-refractivity contribution in [1.82, 2.24) is 4.98 Å². The fraction of sp³-hybridized carbons (Fsp3) is 0.105. The average Bonchev–Trinajstić information content (AvgIpc) is 3.31. The summed E-state index contributed by atoms with van der Waals surface area (Å²) in [5, 5.41) is 7.71. The van der Waals surface area contributed by atoms with Crippen LogP contribution in [0.3, 0.4) is 0 Å². The van der Waals surface area contributed by atoms with Crippen molar-refractivity contribution in [3.63, 3.8) is 0 Å². The highest BCUT2D eigenvalue weighted by Gasteiger charge is 2.16. The van der Waals surface area contributed by atoms with Crippen LogP contribution >= 0.6 is 11.3 Å². The topological polar surface area (TPSA) is 64.0 Å². The fourth-order valence-corrected chi connectivity index (χ4v) is 3.33. The third-order valence-electron chi connectivity index (χ3n) is 3.83. The Morgan fingerprint density at radius 3 is 2.78 bits per heavy atom. The number of hydrogen-bond donors (Lipinski definition) is 0. The third kappa shape index (κ3) is 3.65. The Morgan fingerprint density at radius 1 is 1.22 bits per heavy atom. The van der Waals surface area contributed by atoms with E-state index >= 15 is 0 Å². The highest BCUT2D eigenvalue weighted by atomic mass is 32.1. The van der Waals surface area contributed by atoms with Gasteiger partial charge in [-0.25, -0.2) is 9.37 Å². The monoisotopic (exact) mass is 383 g/mol. The van der Waals surface area contributed by atoms with Gasteiger partial charge in [-0.3, -0.25) is 4.79 Å². The van der Waals surface area contributed by atoms with Crippen molar-refractivity contribution in [2.45, 2.75) is 6.92 Å². The molecule has 0 saturated heterocycles. The summed E-state index contributed by atoms with van der Waals surface area (Å²) in [6.45, 7) is 1.61. The van der Waals surface area contributed by atoms with Crippen molar-refractivity contribution in [3.8, 4) is 22.8 Å². The predicted molar refractivity (Wildman–Crippen MR) is 101 cm³/mol. The summed E-state index contributed by atoms with van der Waals surface area (Å²) in [6.07, 6.45) is 1.56. The highest BCUT2D eigenvalue weighted by Crippen LogP contribution is 2.32. The summed E-state index contributed by atoms with van der Waals surface area (Å²) in [5.74, 6) is 0.737. The van der Waals surface area contributed by atoms with E-state index in [0.29, 0.717) is 22.3 Å². The van der Waals surface area contributed by atoms with E-state index < -0.39 is 0 Å². The summed E-state index contributed by atoms with van der Waals surface area (Å²) < 4.78 is 23.7. The number of thiazole rings is 1. The van der Waals surface area contributed by atoms with Gasteiger partial charge in [-0.15, -0.1) is 11.3 Å². The molecule has 4 rings (SSSR count). The van der Waals surface area contributed by atoms with E-state index in [1.165, 1.54) is 35.4 Å². The first-order valence-electron chi connectivity index (χ1n) is 8.06. The first-order valence-corrected chi connectivity index (χ1v) is 8.94. The Bertz CT molecular complexity index is 1020. The molecule has 0 radical (unpaired) electrons. The number of aromatic nitrogens is 1. The smallest absolute Gasteiger partial charge is 0.246 e. The Balaban J connectivity index is 1.58. The van der Waals surface area contributed by atoms with Crippen LogP contribution in [0, 0.1) is 5.82 Å². The molecule has 27 heavy (non-hydrogen) atoms. The number of rotatable bonds is 4. The number of ether oxygens (including phenoxy) is 2. The van der Waals surface area contributed by atoms with E-state index in [1.54, 1.807) is 35.9 Å². The van der Waals surface area contributed by atoms with E-state index in [2.05, 4.69) is 10.1 Å². The van der Waals surface area contributed by atoms with Gasteiger partial charge in [-0.2, -0.15) is 10.1 Å². The van der Waals surface area contributed by atoms with Gasteiger partial charge in [0.05, 0.1) is 11.9 Å². The lowest BCUT2D eigenvalue weighted by Crippen LogP contribution is -2.22. The number of hydrogen-bond acceptors (Lipinski definition) is 6. The van der Waals surface area contributed by atoms with E-state index in [0.717, 1.165) is 11.1 Å².